The molecule has 0 aliphatic carbocycles. The second-order valence-electron chi connectivity index (χ2n) is 6.46. The van der Waals surface area contributed by atoms with Crippen molar-refractivity contribution in [2.75, 3.05) is 36.5 Å². The molecule has 4 rings (SSSR count). The first-order valence-electron chi connectivity index (χ1n) is 8.01. The van der Waals surface area contributed by atoms with Crippen LogP contribution in [0.3, 0.4) is 0 Å². The molecule has 2 aromatic rings. The number of amides is 1. The van der Waals surface area contributed by atoms with Crippen molar-refractivity contribution in [2.45, 2.75) is 12.8 Å². The summed E-state index contributed by atoms with van der Waals surface area (Å²) in [5.41, 5.74) is 0.854. The molecule has 2 aliphatic heterocycles. The van der Waals surface area contributed by atoms with Crippen LogP contribution in [0.25, 0.3) is 0 Å². The van der Waals surface area contributed by atoms with Crippen LogP contribution in [0.2, 0.25) is 0 Å². The molecule has 7 heteroatoms. The zero-order valence-electron chi connectivity index (χ0n) is 13.6. The summed E-state index contributed by atoms with van der Waals surface area (Å²) in [6, 6.07) is 5.64. The third-order valence-electron chi connectivity index (χ3n) is 4.88. The number of anilines is 2. The van der Waals surface area contributed by atoms with Gasteiger partial charge in [-0.25, -0.2) is 9.97 Å². The lowest BCUT2D eigenvalue weighted by Gasteiger charge is -2.24. The highest BCUT2D eigenvalue weighted by Crippen LogP contribution is 2.42. The van der Waals surface area contributed by atoms with Crippen molar-refractivity contribution >= 4 is 17.4 Å². The van der Waals surface area contributed by atoms with Crippen LogP contribution in [0.4, 0.5) is 11.5 Å². The van der Waals surface area contributed by atoms with E-state index in [-0.39, 0.29) is 11.3 Å². The first-order chi connectivity index (χ1) is 11.7. The van der Waals surface area contributed by atoms with Gasteiger partial charge in [0, 0.05) is 43.7 Å². The lowest BCUT2D eigenvalue weighted by molar-refractivity contribution is -0.117. The van der Waals surface area contributed by atoms with E-state index in [1.807, 2.05) is 23.1 Å². The highest BCUT2D eigenvalue weighted by molar-refractivity contribution is 5.96. The summed E-state index contributed by atoms with van der Waals surface area (Å²) in [6.07, 6.45) is 6.53. The number of nitrogens with zero attached hydrogens (tertiary/aromatic N) is 5. The molecule has 0 saturated carbocycles. The highest BCUT2D eigenvalue weighted by Gasteiger charge is 2.48. The van der Waals surface area contributed by atoms with Crippen LogP contribution in [-0.4, -0.2) is 47.6 Å². The Kier molecular flexibility index (Phi) is 3.55. The van der Waals surface area contributed by atoms with Crippen molar-refractivity contribution in [1.29, 1.82) is 0 Å². The van der Waals surface area contributed by atoms with Gasteiger partial charge in [0.25, 0.3) is 0 Å². The van der Waals surface area contributed by atoms with Crippen molar-refractivity contribution in [3.8, 4) is 5.88 Å². The molecule has 0 aromatic carbocycles. The van der Waals surface area contributed by atoms with Gasteiger partial charge >= 0.3 is 0 Å². The van der Waals surface area contributed by atoms with Crippen LogP contribution in [-0.2, 0) is 4.79 Å². The summed E-state index contributed by atoms with van der Waals surface area (Å²) in [6.45, 7) is 2.43. The maximum absolute atomic E-state index is 12.5. The zero-order valence-corrected chi connectivity index (χ0v) is 13.6. The Bertz CT molecular complexity index is 754. The predicted molar refractivity (Wildman–Crippen MR) is 89.1 cm³/mol. The number of methoxy groups -OCH3 is 1. The number of hydrogen-bond acceptors (Lipinski definition) is 6. The summed E-state index contributed by atoms with van der Waals surface area (Å²) >= 11 is 0. The van der Waals surface area contributed by atoms with Crippen molar-refractivity contribution in [1.82, 2.24) is 15.0 Å². The summed E-state index contributed by atoms with van der Waals surface area (Å²) in [7, 11) is 1.60. The lowest BCUT2D eigenvalue weighted by atomic mass is 9.86. The minimum atomic E-state index is -0.0227. The lowest BCUT2D eigenvalue weighted by Crippen LogP contribution is -2.31. The number of hydrogen-bond donors (Lipinski definition) is 0. The normalized spacial score (nSPS) is 23.3. The molecule has 1 atom stereocenters. The molecule has 7 nitrogen and oxygen atoms in total. The van der Waals surface area contributed by atoms with Gasteiger partial charge in [-0.15, -0.1) is 0 Å². The molecular weight excluding hydrogens is 306 g/mol. The van der Waals surface area contributed by atoms with Crippen LogP contribution in [0, 0.1) is 5.41 Å². The molecule has 4 heterocycles. The molecule has 2 saturated heterocycles. The van der Waals surface area contributed by atoms with E-state index in [2.05, 4.69) is 19.9 Å². The molecule has 0 radical (unpaired) electrons. The Labute approximate surface area is 140 Å². The largest absolute Gasteiger partial charge is 0.481 e. The van der Waals surface area contributed by atoms with Crippen LogP contribution >= 0.6 is 0 Å². The molecule has 1 amide bonds. The van der Waals surface area contributed by atoms with Crippen LogP contribution in [0.1, 0.15) is 12.8 Å². The first-order valence-corrected chi connectivity index (χ1v) is 8.01. The fraction of sp³-hybridized carbons (Fsp3) is 0.412. The first kappa shape index (κ1) is 14.9. The quantitative estimate of drug-likeness (QED) is 0.852. The van der Waals surface area contributed by atoms with Gasteiger partial charge in [-0.3, -0.25) is 9.78 Å². The van der Waals surface area contributed by atoms with Crippen LogP contribution < -0.4 is 14.5 Å². The van der Waals surface area contributed by atoms with E-state index in [0.29, 0.717) is 12.3 Å². The molecule has 2 fully saturated rings. The SMILES string of the molecule is COc1cc(N2CC[C@@]3(CC(=O)N(c4cccnc4)C3)C2)ncn1. The molecular formula is C17H19N5O2. The third kappa shape index (κ3) is 2.55. The molecule has 1 spiro atoms. The number of pyridine rings is 1. The summed E-state index contributed by atoms with van der Waals surface area (Å²) in [4.78, 5) is 29.1. The molecule has 0 bridgehead atoms. The minimum absolute atomic E-state index is 0.0227. The number of ether oxygens (including phenoxy) is 1. The average molecular weight is 325 g/mol. The third-order valence-corrected chi connectivity index (χ3v) is 4.88. The van der Waals surface area contributed by atoms with Crippen LogP contribution in [0.5, 0.6) is 5.88 Å². The number of carbonyl (C=O) groups excluding carboxylic acids is 1. The molecule has 2 aromatic heterocycles. The minimum Gasteiger partial charge on any atom is -0.481 e. The Morgan fingerprint density at radius 1 is 1.29 bits per heavy atom. The fourth-order valence-electron chi connectivity index (χ4n) is 3.66. The number of carbonyl (C=O) groups is 1. The fourth-order valence-corrected chi connectivity index (χ4v) is 3.66. The Morgan fingerprint density at radius 3 is 3.00 bits per heavy atom. The van der Waals surface area contributed by atoms with Gasteiger partial charge in [0.15, 0.2) is 0 Å². The molecule has 2 aliphatic rings. The van der Waals surface area contributed by atoms with Gasteiger partial charge < -0.3 is 14.5 Å². The van der Waals surface area contributed by atoms with E-state index in [1.165, 1.54) is 6.33 Å². The van der Waals surface area contributed by atoms with E-state index in [9.17, 15) is 4.79 Å². The van der Waals surface area contributed by atoms with Gasteiger partial charge in [0.2, 0.25) is 11.8 Å². The van der Waals surface area contributed by atoms with E-state index in [4.69, 9.17) is 4.74 Å². The zero-order chi connectivity index (χ0) is 16.6. The predicted octanol–water partition coefficient (Wildman–Crippen LogP) is 1.51. The summed E-state index contributed by atoms with van der Waals surface area (Å²) in [5.74, 6) is 1.58. The number of aromatic nitrogens is 3. The molecule has 0 unspecified atom stereocenters. The Morgan fingerprint density at radius 2 is 2.21 bits per heavy atom. The summed E-state index contributed by atoms with van der Waals surface area (Å²) in [5, 5.41) is 0. The Hall–Kier alpha value is -2.70. The van der Waals surface area contributed by atoms with E-state index in [0.717, 1.165) is 37.6 Å². The topological polar surface area (TPSA) is 71.5 Å². The summed E-state index contributed by atoms with van der Waals surface area (Å²) < 4.78 is 5.18. The van der Waals surface area contributed by atoms with Crippen LogP contribution in [0.15, 0.2) is 36.9 Å². The van der Waals surface area contributed by atoms with Crippen molar-refractivity contribution in [2.24, 2.45) is 5.41 Å². The molecule has 24 heavy (non-hydrogen) atoms. The monoisotopic (exact) mass is 325 g/mol. The highest BCUT2D eigenvalue weighted by atomic mass is 16.5. The van der Waals surface area contributed by atoms with Crippen molar-refractivity contribution in [3.05, 3.63) is 36.9 Å². The van der Waals surface area contributed by atoms with E-state index < -0.39 is 0 Å². The maximum Gasteiger partial charge on any atom is 0.227 e. The molecule has 124 valence electrons. The van der Waals surface area contributed by atoms with Crippen molar-refractivity contribution < 1.29 is 9.53 Å². The molecule has 0 N–H and O–H groups in total. The van der Waals surface area contributed by atoms with Gasteiger partial charge in [-0.2, -0.15) is 0 Å². The van der Waals surface area contributed by atoms with E-state index in [1.54, 1.807) is 19.5 Å². The van der Waals surface area contributed by atoms with Gasteiger partial charge in [0.1, 0.15) is 12.1 Å². The number of rotatable bonds is 3. The van der Waals surface area contributed by atoms with Gasteiger partial charge in [-0.1, -0.05) is 0 Å². The standard InChI is InChI=1S/C17H19N5O2/c1-24-15-7-14(19-12-20-15)21-6-4-17(10-21)8-16(23)22(11-17)13-3-2-5-18-9-13/h2-3,5,7,9,12H,4,6,8,10-11H2,1H3/t17-/m1/s1. The van der Waals surface area contributed by atoms with Gasteiger partial charge in [-0.05, 0) is 18.6 Å². The van der Waals surface area contributed by atoms with Crippen molar-refractivity contribution in [3.63, 3.8) is 0 Å². The average Bonchev–Trinajstić information content (AvgIpc) is 3.19. The smallest absolute Gasteiger partial charge is 0.227 e. The second kappa shape index (κ2) is 5.74. The maximum atomic E-state index is 12.5. The van der Waals surface area contributed by atoms with E-state index >= 15 is 0 Å². The Balaban J connectivity index is 1.53. The van der Waals surface area contributed by atoms with Gasteiger partial charge in [0.05, 0.1) is 19.0 Å². The second-order valence-corrected chi connectivity index (χ2v) is 6.46.